The molecule has 0 aliphatic heterocycles. The summed E-state index contributed by atoms with van der Waals surface area (Å²) in [5.41, 5.74) is 2.67. The summed E-state index contributed by atoms with van der Waals surface area (Å²) in [5.74, 6) is -1.21. The lowest BCUT2D eigenvalue weighted by Crippen LogP contribution is -2.29. The number of benzene rings is 1. The van der Waals surface area contributed by atoms with Gasteiger partial charge in [-0.3, -0.25) is 0 Å². The van der Waals surface area contributed by atoms with Gasteiger partial charge in [0.15, 0.2) is 0 Å². The predicted octanol–water partition coefficient (Wildman–Crippen LogP) is 1.74. The molecule has 0 unspecified atom stereocenters. The lowest BCUT2D eigenvalue weighted by Gasteiger charge is -2.19. The highest BCUT2D eigenvalue weighted by molar-refractivity contribution is 5.75. The van der Waals surface area contributed by atoms with Crippen LogP contribution in [0.5, 0.6) is 0 Å². The van der Waals surface area contributed by atoms with Crippen LogP contribution in [0.4, 0.5) is 10.3 Å². The van der Waals surface area contributed by atoms with E-state index in [1.807, 2.05) is 27.9 Å². The van der Waals surface area contributed by atoms with Crippen molar-refractivity contribution in [2.45, 2.75) is 44.8 Å². The summed E-state index contributed by atoms with van der Waals surface area (Å²) in [7, 11) is 3.65. The zero-order chi connectivity index (χ0) is 22.4. The van der Waals surface area contributed by atoms with Gasteiger partial charge in [-0.05, 0) is 30.2 Å². The number of aliphatic hydroxyl groups excluding tert-OH is 2. The Balaban J connectivity index is 2.49. The van der Waals surface area contributed by atoms with Gasteiger partial charge >= 0.3 is 0 Å². The minimum absolute atomic E-state index is 0.0337. The highest BCUT2D eigenvalue weighted by atomic mass is 19.1. The second-order valence-electron chi connectivity index (χ2n) is 7.62. The van der Waals surface area contributed by atoms with Crippen LogP contribution in [0.2, 0.25) is 0 Å². The molecule has 30 heavy (non-hydrogen) atoms. The standard InChI is InChI=1S/C22H28FN3O4/c1-13(2)20-18(10-9-16(27)11-17(28)12-19(29)30)21(25-22(24-20)26(3)4)14-5-7-15(23)8-6-14/h5-10,13,16-17,27-28H,11-12H2,1-4H3,(H,29,30)/p-1/b10-9+/t16-,17+/m0/s1. The molecule has 0 amide bonds. The van der Waals surface area contributed by atoms with E-state index in [9.17, 15) is 24.5 Å². The van der Waals surface area contributed by atoms with Crippen LogP contribution in [0.1, 0.15) is 43.9 Å². The van der Waals surface area contributed by atoms with Crippen LogP contribution in [0.15, 0.2) is 30.3 Å². The predicted molar refractivity (Wildman–Crippen MR) is 111 cm³/mol. The number of anilines is 1. The zero-order valence-corrected chi connectivity index (χ0v) is 17.5. The van der Waals surface area contributed by atoms with E-state index in [2.05, 4.69) is 9.97 Å². The molecule has 0 bridgehead atoms. The van der Waals surface area contributed by atoms with Crippen molar-refractivity contribution in [2.24, 2.45) is 0 Å². The molecule has 2 rings (SSSR count). The molecule has 0 fully saturated rings. The summed E-state index contributed by atoms with van der Waals surface area (Å²) in [6.45, 7) is 3.96. The Kier molecular flexibility index (Phi) is 8.02. The number of aromatic nitrogens is 2. The summed E-state index contributed by atoms with van der Waals surface area (Å²) < 4.78 is 13.4. The monoisotopic (exact) mass is 416 g/mol. The molecule has 7 nitrogen and oxygen atoms in total. The second kappa shape index (κ2) is 10.3. The molecule has 1 heterocycles. The van der Waals surface area contributed by atoms with Crippen molar-refractivity contribution in [3.63, 3.8) is 0 Å². The van der Waals surface area contributed by atoms with Crippen LogP contribution in [-0.2, 0) is 4.79 Å². The van der Waals surface area contributed by atoms with E-state index in [1.54, 1.807) is 23.1 Å². The van der Waals surface area contributed by atoms with E-state index >= 15 is 0 Å². The number of aliphatic carboxylic acids is 1. The van der Waals surface area contributed by atoms with Crippen LogP contribution in [0.25, 0.3) is 17.3 Å². The molecular formula is C22H27FN3O4-. The lowest BCUT2D eigenvalue weighted by atomic mass is 9.97. The highest BCUT2D eigenvalue weighted by Crippen LogP contribution is 2.31. The van der Waals surface area contributed by atoms with Crippen molar-refractivity contribution >= 4 is 18.0 Å². The first-order valence-electron chi connectivity index (χ1n) is 9.67. The normalized spacial score (nSPS) is 13.6. The van der Waals surface area contributed by atoms with E-state index in [-0.39, 0.29) is 18.2 Å². The van der Waals surface area contributed by atoms with Crippen molar-refractivity contribution < 1.29 is 24.5 Å². The van der Waals surface area contributed by atoms with Crippen LogP contribution in [0, 0.1) is 5.82 Å². The van der Waals surface area contributed by atoms with Crippen molar-refractivity contribution in [1.82, 2.24) is 9.97 Å². The number of nitrogens with zero attached hydrogens (tertiary/aromatic N) is 3. The third-order valence-electron chi connectivity index (χ3n) is 4.43. The molecule has 1 aromatic heterocycles. The summed E-state index contributed by atoms with van der Waals surface area (Å²) in [6, 6.07) is 5.94. The maximum atomic E-state index is 13.4. The number of carbonyl (C=O) groups is 1. The fourth-order valence-electron chi connectivity index (χ4n) is 2.95. The average molecular weight is 416 g/mol. The van der Waals surface area contributed by atoms with E-state index in [4.69, 9.17) is 0 Å². The maximum Gasteiger partial charge on any atom is 0.225 e. The molecular weight excluding hydrogens is 389 g/mol. The molecule has 2 N–H and O–H groups in total. The number of hydrogen-bond donors (Lipinski definition) is 2. The number of carboxylic acids is 1. The van der Waals surface area contributed by atoms with Gasteiger partial charge in [-0.25, -0.2) is 14.4 Å². The fourth-order valence-corrected chi connectivity index (χ4v) is 2.95. The largest absolute Gasteiger partial charge is 0.550 e. The molecule has 0 aliphatic carbocycles. The molecule has 162 valence electrons. The quantitative estimate of drug-likeness (QED) is 0.641. The van der Waals surface area contributed by atoms with Crippen LogP contribution in [-0.4, -0.2) is 52.5 Å². The van der Waals surface area contributed by atoms with E-state index in [0.29, 0.717) is 22.8 Å². The lowest BCUT2D eigenvalue weighted by molar-refractivity contribution is -0.307. The Labute approximate surface area is 175 Å². The van der Waals surface area contributed by atoms with Crippen molar-refractivity contribution in [2.75, 3.05) is 19.0 Å². The van der Waals surface area contributed by atoms with Gasteiger partial charge in [0.05, 0.1) is 23.6 Å². The van der Waals surface area contributed by atoms with Gasteiger partial charge in [0.1, 0.15) is 5.82 Å². The molecule has 2 aromatic rings. The van der Waals surface area contributed by atoms with Gasteiger partial charge in [-0.2, -0.15) is 0 Å². The van der Waals surface area contributed by atoms with Crippen LogP contribution >= 0.6 is 0 Å². The van der Waals surface area contributed by atoms with Gasteiger partial charge in [-0.1, -0.05) is 26.0 Å². The molecule has 0 radical (unpaired) electrons. The van der Waals surface area contributed by atoms with Crippen LogP contribution in [0.3, 0.4) is 0 Å². The van der Waals surface area contributed by atoms with E-state index in [0.717, 1.165) is 5.69 Å². The minimum Gasteiger partial charge on any atom is -0.550 e. The minimum atomic E-state index is -1.38. The van der Waals surface area contributed by atoms with E-state index in [1.165, 1.54) is 18.2 Å². The van der Waals surface area contributed by atoms with Gasteiger partial charge in [0.25, 0.3) is 0 Å². The average Bonchev–Trinajstić information content (AvgIpc) is 2.65. The summed E-state index contributed by atoms with van der Waals surface area (Å²) >= 11 is 0. The highest BCUT2D eigenvalue weighted by Gasteiger charge is 2.18. The SMILES string of the molecule is CC(C)c1nc(N(C)C)nc(-c2ccc(F)cc2)c1/C=C/[C@H](O)C[C@@H](O)CC(=O)[O-]. The molecule has 0 saturated carbocycles. The molecule has 0 aliphatic rings. The number of carboxylic acid groups (broad SMARTS) is 1. The van der Waals surface area contributed by atoms with E-state index < -0.39 is 24.6 Å². The Morgan fingerprint density at radius 1 is 1.20 bits per heavy atom. The van der Waals surface area contributed by atoms with Gasteiger partial charge in [0, 0.05) is 44.0 Å². The number of rotatable bonds is 9. The second-order valence-corrected chi connectivity index (χ2v) is 7.62. The first-order chi connectivity index (χ1) is 14.1. The molecule has 2 atom stereocenters. The third kappa shape index (κ3) is 6.33. The van der Waals surface area contributed by atoms with Gasteiger partial charge in [0.2, 0.25) is 5.95 Å². The van der Waals surface area contributed by atoms with Crippen molar-refractivity contribution in [3.8, 4) is 11.3 Å². The smallest absolute Gasteiger partial charge is 0.225 e. The van der Waals surface area contributed by atoms with Crippen LogP contribution < -0.4 is 10.0 Å². The Morgan fingerprint density at radius 3 is 2.37 bits per heavy atom. The molecule has 1 aromatic carbocycles. The Hall–Kier alpha value is -2.84. The first-order valence-corrected chi connectivity index (χ1v) is 9.67. The summed E-state index contributed by atoms with van der Waals surface area (Å²) in [5, 5.41) is 30.5. The van der Waals surface area contributed by atoms with Gasteiger partial charge < -0.3 is 25.0 Å². The number of hydrogen-bond acceptors (Lipinski definition) is 7. The van der Waals surface area contributed by atoms with Crippen molar-refractivity contribution in [3.05, 3.63) is 47.4 Å². The molecule has 0 saturated heterocycles. The Bertz CT molecular complexity index is 898. The third-order valence-corrected chi connectivity index (χ3v) is 4.43. The number of carbonyl (C=O) groups excluding carboxylic acids is 1. The molecule has 8 heteroatoms. The van der Waals surface area contributed by atoms with Crippen molar-refractivity contribution in [1.29, 1.82) is 0 Å². The molecule has 0 spiro atoms. The zero-order valence-electron chi connectivity index (χ0n) is 17.5. The number of aliphatic hydroxyl groups is 2. The summed E-state index contributed by atoms with van der Waals surface area (Å²) in [4.78, 5) is 21.6. The maximum absolute atomic E-state index is 13.4. The fraction of sp³-hybridized carbons (Fsp3) is 0.409. The number of halogens is 1. The Morgan fingerprint density at radius 2 is 1.83 bits per heavy atom. The summed E-state index contributed by atoms with van der Waals surface area (Å²) in [6.07, 6.45) is 0.125. The van der Waals surface area contributed by atoms with Gasteiger partial charge in [-0.15, -0.1) is 0 Å². The first kappa shape index (κ1) is 23.4. The topological polar surface area (TPSA) is 110 Å².